The Morgan fingerprint density at radius 1 is 1.38 bits per heavy atom. The van der Waals surface area contributed by atoms with E-state index in [0.29, 0.717) is 16.3 Å². The molecule has 0 radical (unpaired) electrons. The van der Waals surface area contributed by atoms with Crippen molar-refractivity contribution in [1.29, 1.82) is 0 Å². The lowest BCUT2D eigenvalue weighted by atomic mass is 10.1. The standard InChI is InChI=1S/C11H11ClO4/c1-7(13)9-5-8(12)3-4-10(9)16-6-11(14)15-2/h3-5H,6H2,1-2H3. The molecule has 0 aliphatic carbocycles. The predicted molar refractivity (Wildman–Crippen MR) is 59.0 cm³/mol. The zero-order valence-corrected chi connectivity index (χ0v) is 9.71. The minimum atomic E-state index is -0.510. The third-order valence-electron chi connectivity index (χ3n) is 1.89. The molecule has 0 heterocycles. The monoisotopic (exact) mass is 242 g/mol. The van der Waals surface area contributed by atoms with Gasteiger partial charge in [0, 0.05) is 5.02 Å². The fraction of sp³-hybridized carbons (Fsp3) is 0.273. The van der Waals surface area contributed by atoms with E-state index in [-0.39, 0.29) is 12.4 Å². The van der Waals surface area contributed by atoms with E-state index >= 15 is 0 Å². The third-order valence-corrected chi connectivity index (χ3v) is 2.13. The van der Waals surface area contributed by atoms with Crippen molar-refractivity contribution in [2.75, 3.05) is 13.7 Å². The summed E-state index contributed by atoms with van der Waals surface area (Å²) in [6.07, 6.45) is 0. The van der Waals surface area contributed by atoms with Gasteiger partial charge in [0.2, 0.25) is 0 Å². The summed E-state index contributed by atoms with van der Waals surface area (Å²) in [4.78, 5) is 22.2. The molecule has 5 heteroatoms. The van der Waals surface area contributed by atoms with E-state index < -0.39 is 5.97 Å². The number of hydrogen-bond acceptors (Lipinski definition) is 4. The molecule has 4 nitrogen and oxygen atoms in total. The van der Waals surface area contributed by atoms with E-state index in [0.717, 1.165) is 0 Å². The Kier molecular flexibility index (Phi) is 4.31. The van der Waals surface area contributed by atoms with Crippen LogP contribution in [-0.4, -0.2) is 25.5 Å². The highest BCUT2D eigenvalue weighted by atomic mass is 35.5. The molecule has 1 rings (SSSR count). The van der Waals surface area contributed by atoms with Crippen LogP contribution < -0.4 is 4.74 Å². The van der Waals surface area contributed by atoms with Crippen molar-refractivity contribution in [1.82, 2.24) is 0 Å². The molecule has 0 saturated carbocycles. The van der Waals surface area contributed by atoms with Gasteiger partial charge in [-0.05, 0) is 25.1 Å². The lowest BCUT2D eigenvalue weighted by Gasteiger charge is -2.08. The molecule has 0 amide bonds. The molecule has 0 fully saturated rings. The number of carbonyl (C=O) groups is 2. The first-order valence-corrected chi connectivity index (χ1v) is 4.92. The zero-order chi connectivity index (χ0) is 12.1. The molecule has 0 N–H and O–H groups in total. The van der Waals surface area contributed by atoms with Gasteiger partial charge >= 0.3 is 5.97 Å². The van der Waals surface area contributed by atoms with Gasteiger partial charge in [-0.1, -0.05) is 11.6 Å². The maximum atomic E-state index is 11.3. The smallest absolute Gasteiger partial charge is 0.343 e. The molecular formula is C11H11ClO4. The molecule has 0 aromatic heterocycles. The normalized spacial score (nSPS) is 9.69. The van der Waals surface area contributed by atoms with E-state index in [1.807, 2.05) is 0 Å². The highest BCUT2D eigenvalue weighted by molar-refractivity contribution is 6.31. The van der Waals surface area contributed by atoms with Crippen LogP contribution in [0.2, 0.25) is 5.02 Å². The number of rotatable bonds is 4. The topological polar surface area (TPSA) is 52.6 Å². The van der Waals surface area contributed by atoms with Crippen molar-refractivity contribution in [3.63, 3.8) is 0 Å². The van der Waals surface area contributed by atoms with E-state index in [1.165, 1.54) is 20.1 Å². The van der Waals surface area contributed by atoms with E-state index in [1.54, 1.807) is 12.1 Å². The average molecular weight is 243 g/mol. The lowest BCUT2D eigenvalue weighted by molar-refractivity contribution is -0.142. The number of hydrogen-bond donors (Lipinski definition) is 0. The van der Waals surface area contributed by atoms with E-state index in [2.05, 4.69) is 4.74 Å². The number of esters is 1. The summed E-state index contributed by atoms with van der Waals surface area (Å²) in [5.74, 6) is -0.367. The Hall–Kier alpha value is -1.55. The molecule has 0 spiro atoms. The minimum Gasteiger partial charge on any atom is -0.481 e. The molecule has 1 aromatic carbocycles. The largest absolute Gasteiger partial charge is 0.481 e. The van der Waals surface area contributed by atoms with Crippen LogP contribution in [0.3, 0.4) is 0 Å². The Labute approximate surface area is 98.1 Å². The van der Waals surface area contributed by atoms with Crippen LogP contribution in [0.1, 0.15) is 17.3 Å². The second kappa shape index (κ2) is 5.51. The Bertz CT molecular complexity index is 414. The van der Waals surface area contributed by atoms with Crippen LogP contribution >= 0.6 is 11.6 Å². The van der Waals surface area contributed by atoms with Gasteiger partial charge in [-0.25, -0.2) is 4.79 Å². The fourth-order valence-electron chi connectivity index (χ4n) is 1.10. The van der Waals surface area contributed by atoms with Crippen LogP contribution in [-0.2, 0) is 9.53 Å². The number of carbonyl (C=O) groups excluding carboxylic acids is 2. The third kappa shape index (κ3) is 3.24. The van der Waals surface area contributed by atoms with Gasteiger partial charge in [0.05, 0.1) is 12.7 Å². The van der Waals surface area contributed by atoms with Crippen LogP contribution in [0.25, 0.3) is 0 Å². The van der Waals surface area contributed by atoms with Crippen LogP contribution in [0.15, 0.2) is 18.2 Å². The predicted octanol–water partition coefficient (Wildman–Crippen LogP) is 2.09. The molecule has 0 atom stereocenters. The first kappa shape index (κ1) is 12.5. The molecule has 1 aromatic rings. The Balaban J connectivity index is 2.87. The highest BCUT2D eigenvalue weighted by Gasteiger charge is 2.11. The fourth-order valence-corrected chi connectivity index (χ4v) is 1.27. The molecular weight excluding hydrogens is 232 g/mol. The quantitative estimate of drug-likeness (QED) is 0.599. The van der Waals surface area contributed by atoms with Gasteiger partial charge in [-0.15, -0.1) is 0 Å². The maximum Gasteiger partial charge on any atom is 0.343 e. The Morgan fingerprint density at radius 2 is 2.06 bits per heavy atom. The summed E-state index contributed by atoms with van der Waals surface area (Å²) in [6, 6.07) is 4.62. The summed E-state index contributed by atoms with van der Waals surface area (Å²) in [6.45, 7) is 1.16. The lowest BCUT2D eigenvalue weighted by Crippen LogP contribution is -2.13. The van der Waals surface area contributed by atoms with Crippen molar-refractivity contribution in [2.24, 2.45) is 0 Å². The molecule has 0 aliphatic heterocycles. The van der Waals surface area contributed by atoms with Crippen molar-refractivity contribution in [3.05, 3.63) is 28.8 Å². The van der Waals surface area contributed by atoms with Crippen LogP contribution in [0, 0.1) is 0 Å². The van der Waals surface area contributed by atoms with Crippen molar-refractivity contribution in [3.8, 4) is 5.75 Å². The zero-order valence-electron chi connectivity index (χ0n) is 8.95. The molecule has 86 valence electrons. The number of ketones is 1. The van der Waals surface area contributed by atoms with E-state index in [4.69, 9.17) is 16.3 Å². The number of ether oxygens (including phenoxy) is 2. The van der Waals surface area contributed by atoms with Gasteiger partial charge < -0.3 is 9.47 Å². The van der Waals surface area contributed by atoms with Crippen molar-refractivity contribution >= 4 is 23.4 Å². The summed E-state index contributed by atoms with van der Waals surface area (Å²) >= 11 is 5.75. The average Bonchev–Trinajstić information content (AvgIpc) is 2.26. The minimum absolute atomic E-state index is 0.178. The van der Waals surface area contributed by atoms with Gasteiger partial charge in [0.15, 0.2) is 12.4 Å². The van der Waals surface area contributed by atoms with Gasteiger partial charge in [-0.2, -0.15) is 0 Å². The molecule has 0 bridgehead atoms. The molecule has 0 saturated heterocycles. The highest BCUT2D eigenvalue weighted by Crippen LogP contribution is 2.23. The number of halogens is 1. The second-order valence-electron chi connectivity index (χ2n) is 3.06. The molecule has 16 heavy (non-hydrogen) atoms. The number of benzene rings is 1. The van der Waals surface area contributed by atoms with Crippen LogP contribution in [0.4, 0.5) is 0 Å². The van der Waals surface area contributed by atoms with Gasteiger partial charge in [0.1, 0.15) is 5.75 Å². The first-order chi connectivity index (χ1) is 7.54. The second-order valence-corrected chi connectivity index (χ2v) is 3.50. The first-order valence-electron chi connectivity index (χ1n) is 4.54. The molecule has 0 unspecified atom stereocenters. The number of Topliss-reactive ketones (excluding diaryl/α,β-unsaturated/α-hetero) is 1. The summed E-state index contributed by atoms with van der Waals surface area (Å²) in [7, 11) is 1.26. The van der Waals surface area contributed by atoms with Gasteiger partial charge in [0.25, 0.3) is 0 Å². The van der Waals surface area contributed by atoms with Crippen molar-refractivity contribution < 1.29 is 19.1 Å². The van der Waals surface area contributed by atoms with Gasteiger partial charge in [-0.3, -0.25) is 4.79 Å². The van der Waals surface area contributed by atoms with Crippen molar-refractivity contribution in [2.45, 2.75) is 6.92 Å². The molecule has 0 aliphatic rings. The SMILES string of the molecule is COC(=O)COc1ccc(Cl)cc1C(C)=O. The summed E-state index contributed by atoms with van der Waals surface area (Å²) in [5, 5.41) is 0.440. The summed E-state index contributed by atoms with van der Waals surface area (Å²) in [5.41, 5.74) is 0.344. The van der Waals surface area contributed by atoms with E-state index in [9.17, 15) is 9.59 Å². The Morgan fingerprint density at radius 3 is 2.62 bits per heavy atom. The number of methoxy groups -OCH3 is 1. The maximum absolute atomic E-state index is 11.3. The summed E-state index contributed by atoms with van der Waals surface area (Å²) < 4.78 is 9.57. The van der Waals surface area contributed by atoms with Crippen LogP contribution in [0.5, 0.6) is 5.75 Å².